The Hall–Kier alpha value is -1.70. The first kappa shape index (κ1) is 15.7. The Kier molecular flexibility index (Phi) is 4.46. The fourth-order valence-electron chi connectivity index (χ4n) is 2.17. The minimum Gasteiger partial charge on any atom is -0.376 e. The lowest BCUT2D eigenvalue weighted by Gasteiger charge is -2.20. The highest BCUT2D eigenvalue weighted by molar-refractivity contribution is 5.95. The summed E-state index contributed by atoms with van der Waals surface area (Å²) in [6.45, 7) is 2.02. The number of ether oxygens (including phenoxy) is 1. The normalized spacial score (nSPS) is 19.6. The summed E-state index contributed by atoms with van der Waals surface area (Å²) in [5.41, 5.74) is -1.49. The molecular formula is C13H12F5NO2. The zero-order valence-corrected chi connectivity index (χ0v) is 11.0. The molecule has 1 amide bonds. The highest BCUT2D eigenvalue weighted by Crippen LogP contribution is 2.23. The molecule has 0 bridgehead atoms. The van der Waals surface area contributed by atoms with Gasteiger partial charge >= 0.3 is 0 Å². The summed E-state index contributed by atoms with van der Waals surface area (Å²) in [5, 5.41) is 2.19. The standard InChI is InChI=1S/C13H12F5NO2/c1-5(6-3-2-4-21-6)19-13(20)7-8(14)10(16)12(18)11(17)9(7)15/h5-6H,2-4H2,1H3,(H,19,20)/t5-,6-/m1/s1. The fourth-order valence-corrected chi connectivity index (χ4v) is 2.17. The number of halogens is 5. The zero-order chi connectivity index (χ0) is 15.7. The van der Waals surface area contributed by atoms with E-state index in [-0.39, 0.29) is 6.10 Å². The maximum Gasteiger partial charge on any atom is 0.257 e. The number of hydrogen-bond donors (Lipinski definition) is 1. The molecule has 2 atom stereocenters. The van der Waals surface area contributed by atoms with Crippen molar-refractivity contribution < 1.29 is 31.5 Å². The lowest BCUT2D eigenvalue weighted by atomic mass is 10.1. The molecule has 1 aliphatic heterocycles. The maximum atomic E-state index is 13.5. The topological polar surface area (TPSA) is 38.3 Å². The van der Waals surface area contributed by atoms with E-state index in [0.29, 0.717) is 13.0 Å². The van der Waals surface area contributed by atoms with Gasteiger partial charge < -0.3 is 10.1 Å². The summed E-state index contributed by atoms with van der Waals surface area (Å²) in [6.07, 6.45) is 1.06. The molecule has 3 nitrogen and oxygen atoms in total. The molecular weight excluding hydrogens is 297 g/mol. The van der Waals surface area contributed by atoms with Crippen LogP contribution in [0, 0.1) is 29.1 Å². The van der Waals surface area contributed by atoms with Crippen LogP contribution in [-0.2, 0) is 4.74 Å². The van der Waals surface area contributed by atoms with Crippen LogP contribution >= 0.6 is 0 Å². The summed E-state index contributed by atoms with van der Waals surface area (Å²) in [4.78, 5) is 11.8. The van der Waals surface area contributed by atoms with Crippen molar-refractivity contribution in [3.8, 4) is 0 Å². The molecule has 2 rings (SSSR count). The van der Waals surface area contributed by atoms with Crippen molar-refractivity contribution in [3.05, 3.63) is 34.6 Å². The molecule has 0 aromatic heterocycles. The summed E-state index contributed by atoms with van der Waals surface area (Å²) in [5.74, 6) is -12.3. The van der Waals surface area contributed by atoms with E-state index in [0.717, 1.165) is 6.42 Å². The number of benzene rings is 1. The minimum absolute atomic E-state index is 0.352. The number of rotatable bonds is 3. The van der Waals surface area contributed by atoms with Crippen LogP contribution in [-0.4, -0.2) is 24.7 Å². The van der Waals surface area contributed by atoms with Crippen LogP contribution in [0.4, 0.5) is 22.0 Å². The van der Waals surface area contributed by atoms with Gasteiger partial charge in [-0.3, -0.25) is 4.79 Å². The number of amides is 1. The van der Waals surface area contributed by atoms with Crippen LogP contribution in [0.15, 0.2) is 0 Å². The van der Waals surface area contributed by atoms with Gasteiger partial charge in [0, 0.05) is 6.61 Å². The van der Waals surface area contributed by atoms with Crippen molar-refractivity contribution in [3.63, 3.8) is 0 Å². The van der Waals surface area contributed by atoms with Gasteiger partial charge in [-0.2, -0.15) is 0 Å². The zero-order valence-electron chi connectivity index (χ0n) is 11.0. The highest BCUT2D eigenvalue weighted by Gasteiger charge is 2.31. The molecule has 8 heteroatoms. The quantitative estimate of drug-likeness (QED) is 0.530. The number of hydrogen-bond acceptors (Lipinski definition) is 2. The summed E-state index contributed by atoms with van der Waals surface area (Å²) >= 11 is 0. The van der Waals surface area contributed by atoms with E-state index in [1.807, 2.05) is 0 Å². The largest absolute Gasteiger partial charge is 0.376 e. The van der Waals surface area contributed by atoms with Gasteiger partial charge in [0.05, 0.1) is 12.1 Å². The Balaban J connectivity index is 2.27. The Labute approximate surface area is 117 Å². The first-order chi connectivity index (χ1) is 9.84. The van der Waals surface area contributed by atoms with Gasteiger partial charge in [0.2, 0.25) is 5.82 Å². The Morgan fingerprint density at radius 2 is 1.62 bits per heavy atom. The average molecular weight is 309 g/mol. The van der Waals surface area contributed by atoms with E-state index in [4.69, 9.17) is 4.74 Å². The average Bonchev–Trinajstić information content (AvgIpc) is 2.97. The monoisotopic (exact) mass is 309 g/mol. The molecule has 1 aromatic rings. The molecule has 0 saturated carbocycles. The second-order valence-electron chi connectivity index (χ2n) is 4.76. The van der Waals surface area contributed by atoms with E-state index in [1.54, 1.807) is 0 Å². The third-order valence-corrected chi connectivity index (χ3v) is 3.32. The van der Waals surface area contributed by atoms with Gasteiger partial charge in [-0.1, -0.05) is 0 Å². The molecule has 1 heterocycles. The number of carbonyl (C=O) groups is 1. The van der Waals surface area contributed by atoms with E-state index in [2.05, 4.69) is 5.32 Å². The predicted octanol–water partition coefficient (Wildman–Crippen LogP) is 2.68. The van der Waals surface area contributed by atoms with Crippen LogP contribution < -0.4 is 5.32 Å². The van der Waals surface area contributed by atoms with E-state index < -0.39 is 46.6 Å². The van der Waals surface area contributed by atoms with Crippen molar-refractivity contribution in [1.29, 1.82) is 0 Å². The molecule has 1 aromatic carbocycles. The smallest absolute Gasteiger partial charge is 0.257 e. The fraction of sp³-hybridized carbons (Fsp3) is 0.462. The first-order valence-corrected chi connectivity index (χ1v) is 6.28. The first-order valence-electron chi connectivity index (χ1n) is 6.28. The van der Waals surface area contributed by atoms with Crippen molar-refractivity contribution in [2.45, 2.75) is 31.9 Å². The third-order valence-electron chi connectivity index (χ3n) is 3.32. The number of nitrogens with one attached hydrogen (secondary N) is 1. The van der Waals surface area contributed by atoms with Gasteiger partial charge in [-0.15, -0.1) is 0 Å². The van der Waals surface area contributed by atoms with Crippen LogP contribution in [0.2, 0.25) is 0 Å². The van der Waals surface area contributed by atoms with Crippen LogP contribution in [0.1, 0.15) is 30.1 Å². The second-order valence-corrected chi connectivity index (χ2v) is 4.76. The SMILES string of the molecule is C[C@@H](NC(=O)c1c(F)c(F)c(F)c(F)c1F)[C@H]1CCCO1. The molecule has 21 heavy (non-hydrogen) atoms. The van der Waals surface area contributed by atoms with E-state index in [9.17, 15) is 26.7 Å². The van der Waals surface area contributed by atoms with Gasteiger partial charge in [-0.05, 0) is 19.8 Å². The van der Waals surface area contributed by atoms with Crippen LogP contribution in [0.25, 0.3) is 0 Å². The van der Waals surface area contributed by atoms with Gasteiger partial charge in [0.15, 0.2) is 23.3 Å². The molecule has 116 valence electrons. The van der Waals surface area contributed by atoms with E-state index >= 15 is 0 Å². The summed E-state index contributed by atoms with van der Waals surface area (Å²) < 4.78 is 71.2. The molecule has 0 unspecified atom stereocenters. The molecule has 1 fully saturated rings. The third kappa shape index (κ3) is 2.85. The van der Waals surface area contributed by atoms with E-state index in [1.165, 1.54) is 6.92 Å². The van der Waals surface area contributed by atoms with Crippen molar-refractivity contribution in [2.75, 3.05) is 6.61 Å². The molecule has 0 spiro atoms. The van der Waals surface area contributed by atoms with Crippen LogP contribution in [0.3, 0.4) is 0 Å². The summed E-state index contributed by atoms with van der Waals surface area (Å²) in [7, 11) is 0. The highest BCUT2D eigenvalue weighted by atomic mass is 19.2. The molecule has 0 aliphatic carbocycles. The molecule has 1 aliphatic rings. The van der Waals surface area contributed by atoms with Gasteiger partial charge in [-0.25, -0.2) is 22.0 Å². The molecule has 1 N–H and O–H groups in total. The van der Waals surface area contributed by atoms with Gasteiger partial charge in [0.1, 0.15) is 5.56 Å². The lowest BCUT2D eigenvalue weighted by molar-refractivity contribution is 0.0706. The Morgan fingerprint density at radius 1 is 1.10 bits per heavy atom. The predicted molar refractivity (Wildman–Crippen MR) is 62.1 cm³/mol. The Bertz CT molecular complexity index is 543. The van der Waals surface area contributed by atoms with Crippen molar-refractivity contribution in [2.24, 2.45) is 0 Å². The van der Waals surface area contributed by atoms with Gasteiger partial charge in [0.25, 0.3) is 5.91 Å². The Morgan fingerprint density at radius 3 is 2.10 bits per heavy atom. The molecule has 1 saturated heterocycles. The van der Waals surface area contributed by atoms with Crippen molar-refractivity contribution >= 4 is 5.91 Å². The maximum absolute atomic E-state index is 13.5. The van der Waals surface area contributed by atoms with Crippen molar-refractivity contribution in [1.82, 2.24) is 5.32 Å². The summed E-state index contributed by atoms with van der Waals surface area (Å²) in [6, 6.07) is -0.616. The lowest BCUT2D eigenvalue weighted by Crippen LogP contribution is -2.41. The minimum atomic E-state index is -2.30. The second kappa shape index (κ2) is 5.97. The molecule has 0 radical (unpaired) electrons. The number of carbonyl (C=O) groups excluding carboxylic acids is 1. The van der Waals surface area contributed by atoms with Crippen LogP contribution in [0.5, 0.6) is 0 Å².